The van der Waals surface area contributed by atoms with Crippen LogP contribution in [0.5, 0.6) is 11.5 Å². The predicted molar refractivity (Wildman–Crippen MR) is 94.0 cm³/mol. The fourth-order valence-corrected chi connectivity index (χ4v) is 3.31. The average molecular weight is 416 g/mol. The minimum Gasteiger partial charge on any atom is -0.496 e. The molecule has 1 aliphatic rings. The van der Waals surface area contributed by atoms with Crippen molar-refractivity contribution in [2.45, 2.75) is 11.7 Å². The molecule has 24 heavy (non-hydrogen) atoms. The van der Waals surface area contributed by atoms with E-state index in [1.165, 1.54) is 13.3 Å². The van der Waals surface area contributed by atoms with Gasteiger partial charge in [-0.2, -0.15) is 5.10 Å². The number of amides is 1. The van der Waals surface area contributed by atoms with Crippen molar-refractivity contribution >= 4 is 51.0 Å². The summed E-state index contributed by atoms with van der Waals surface area (Å²) in [5, 5.41) is 18.6. The largest absolute Gasteiger partial charge is 0.496 e. The normalized spacial score (nSPS) is 18.9. The van der Waals surface area contributed by atoms with Crippen molar-refractivity contribution in [1.29, 1.82) is 0 Å². The van der Waals surface area contributed by atoms with Gasteiger partial charge in [0.2, 0.25) is 5.91 Å². The summed E-state index contributed by atoms with van der Waals surface area (Å²) in [6, 6.07) is 3.46. The molecule has 2 N–H and O–H groups in total. The molecular formula is C14H14BrN3O5S. The van der Waals surface area contributed by atoms with Crippen LogP contribution in [0.2, 0.25) is 0 Å². The van der Waals surface area contributed by atoms with Crippen LogP contribution in [0.3, 0.4) is 0 Å². The SMILES string of the molecule is COc1cc(OC)c(/C=N\N=C2\NC(=O)[C@H](CC(=O)O)S2)cc1Br. The molecule has 0 saturated carbocycles. The smallest absolute Gasteiger partial charge is 0.305 e. The molecule has 10 heteroatoms. The quantitative estimate of drug-likeness (QED) is 0.541. The van der Waals surface area contributed by atoms with E-state index in [0.29, 0.717) is 17.1 Å². The number of thioether (sulfide) groups is 1. The molecule has 1 aromatic rings. The summed E-state index contributed by atoms with van der Waals surface area (Å²) in [5.41, 5.74) is 0.658. The number of nitrogens with one attached hydrogen (secondary N) is 1. The molecule has 1 atom stereocenters. The highest BCUT2D eigenvalue weighted by atomic mass is 79.9. The van der Waals surface area contributed by atoms with Gasteiger partial charge in [-0.15, -0.1) is 5.10 Å². The molecule has 0 spiro atoms. The van der Waals surface area contributed by atoms with Gasteiger partial charge in [0.05, 0.1) is 31.3 Å². The molecule has 1 fully saturated rings. The molecule has 0 radical (unpaired) electrons. The molecule has 1 amide bonds. The lowest BCUT2D eigenvalue weighted by Gasteiger charge is -2.08. The fourth-order valence-electron chi connectivity index (χ4n) is 1.87. The zero-order chi connectivity index (χ0) is 17.7. The zero-order valence-corrected chi connectivity index (χ0v) is 15.2. The molecule has 1 aliphatic heterocycles. The Balaban J connectivity index is 2.13. The number of nitrogens with zero attached hydrogens (tertiary/aromatic N) is 2. The lowest BCUT2D eigenvalue weighted by Crippen LogP contribution is -2.26. The van der Waals surface area contributed by atoms with E-state index in [-0.39, 0.29) is 17.5 Å². The maximum atomic E-state index is 11.6. The van der Waals surface area contributed by atoms with Gasteiger partial charge in [0.25, 0.3) is 0 Å². The molecule has 1 heterocycles. The van der Waals surface area contributed by atoms with Gasteiger partial charge in [-0.3, -0.25) is 9.59 Å². The first-order valence-corrected chi connectivity index (χ1v) is 8.33. The topological polar surface area (TPSA) is 110 Å². The summed E-state index contributed by atoms with van der Waals surface area (Å²) < 4.78 is 11.2. The van der Waals surface area contributed by atoms with Crippen molar-refractivity contribution in [3.8, 4) is 11.5 Å². The maximum Gasteiger partial charge on any atom is 0.305 e. The van der Waals surface area contributed by atoms with Crippen LogP contribution in [0, 0.1) is 0 Å². The number of rotatable bonds is 6. The fraction of sp³-hybridized carbons (Fsp3) is 0.286. The third-order valence-electron chi connectivity index (χ3n) is 2.99. The number of hydrogen-bond donors (Lipinski definition) is 2. The van der Waals surface area contributed by atoms with Gasteiger partial charge in [-0.05, 0) is 22.0 Å². The number of carbonyl (C=O) groups excluding carboxylic acids is 1. The second kappa shape index (κ2) is 8.15. The van der Waals surface area contributed by atoms with E-state index in [1.807, 2.05) is 0 Å². The maximum absolute atomic E-state index is 11.6. The van der Waals surface area contributed by atoms with E-state index in [9.17, 15) is 9.59 Å². The summed E-state index contributed by atoms with van der Waals surface area (Å²) in [5.74, 6) is -0.266. The number of hydrogen-bond acceptors (Lipinski definition) is 7. The molecule has 1 saturated heterocycles. The molecule has 0 aromatic heterocycles. The highest BCUT2D eigenvalue weighted by molar-refractivity contribution is 9.10. The molecule has 2 rings (SSSR count). The molecule has 0 unspecified atom stereocenters. The summed E-state index contributed by atoms with van der Waals surface area (Å²) in [7, 11) is 3.07. The Hall–Kier alpha value is -2.07. The van der Waals surface area contributed by atoms with Crippen LogP contribution in [0.15, 0.2) is 26.8 Å². The number of methoxy groups -OCH3 is 2. The Morgan fingerprint density at radius 1 is 1.42 bits per heavy atom. The van der Waals surface area contributed by atoms with Crippen LogP contribution in [0.25, 0.3) is 0 Å². The summed E-state index contributed by atoms with van der Waals surface area (Å²) in [6.07, 6.45) is 1.20. The van der Waals surface area contributed by atoms with E-state index in [1.54, 1.807) is 19.2 Å². The van der Waals surface area contributed by atoms with Crippen LogP contribution >= 0.6 is 27.7 Å². The van der Waals surface area contributed by atoms with Gasteiger partial charge in [0.15, 0.2) is 5.17 Å². The third kappa shape index (κ3) is 4.48. The molecule has 0 aliphatic carbocycles. The summed E-state index contributed by atoms with van der Waals surface area (Å²) >= 11 is 4.41. The first-order chi connectivity index (χ1) is 11.4. The van der Waals surface area contributed by atoms with Crippen molar-refractivity contribution in [3.05, 3.63) is 22.2 Å². The van der Waals surface area contributed by atoms with Gasteiger partial charge in [-0.1, -0.05) is 11.8 Å². The highest BCUT2D eigenvalue weighted by Gasteiger charge is 2.32. The van der Waals surface area contributed by atoms with Crippen LogP contribution in [-0.4, -0.2) is 47.8 Å². The van der Waals surface area contributed by atoms with Crippen LogP contribution < -0.4 is 14.8 Å². The Morgan fingerprint density at radius 2 is 2.12 bits per heavy atom. The number of carbonyl (C=O) groups is 2. The first-order valence-electron chi connectivity index (χ1n) is 6.66. The summed E-state index contributed by atoms with van der Waals surface area (Å²) in [6.45, 7) is 0. The van der Waals surface area contributed by atoms with Crippen molar-refractivity contribution in [2.75, 3.05) is 14.2 Å². The van der Waals surface area contributed by atoms with Crippen molar-refractivity contribution < 1.29 is 24.2 Å². The minimum atomic E-state index is -1.04. The van der Waals surface area contributed by atoms with Crippen molar-refractivity contribution in [2.24, 2.45) is 10.2 Å². The Bertz CT molecular complexity index is 723. The predicted octanol–water partition coefficient (Wildman–Crippen LogP) is 1.86. The van der Waals surface area contributed by atoms with Gasteiger partial charge in [0.1, 0.15) is 16.7 Å². The molecular weight excluding hydrogens is 402 g/mol. The Morgan fingerprint density at radius 3 is 2.75 bits per heavy atom. The van der Waals surface area contributed by atoms with Crippen molar-refractivity contribution in [1.82, 2.24) is 5.32 Å². The second-order valence-electron chi connectivity index (χ2n) is 4.57. The van der Waals surface area contributed by atoms with Crippen LogP contribution in [0.4, 0.5) is 0 Å². The number of carboxylic acids is 1. The van der Waals surface area contributed by atoms with E-state index in [0.717, 1.165) is 16.2 Å². The standard InChI is InChI=1S/C14H14BrN3O5S/c1-22-9-4-10(23-2)8(15)3-7(9)6-16-18-14-17-13(21)11(24-14)5-12(19)20/h3-4,6,11H,5H2,1-2H3,(H,19,20)(H,17,18,21)/b16-6-/t11-/m0/s1. The molecule has 128 valence electrons. The number of halogens is 1. The van der Waals surface area contributed by atoms with Crippen LogP contribution in [0.1, 0.15) is 12.0 Å². The third-order valence-corrected chi connectivity index (χ3v) is 4.68. The Kier molecular flexibility index (Phi) is 6.21. The van der Waals surface area contributed by atoms with Gasteiger partial charge >= 0.3 is 5.97 Å². The van der Waals surface area contributed by atoms with Crippen molar-refractivity contribution in [3.63, 3.8) is 0 Å². The molecule has 8 nitrogen and oxygen atoms in total. The van der Waals surface area contributed by atoms with E-state index in [4.69, 9.17) is 14.6 Å². The van der Waals surface area contributed by atoms with Gasteiger partial charge in [0, 0.05) is 11.6 Å². The number of aliphatic carboxylic acids is 1. The van der Waals surface area contributed by atoms with E-state index >= 15 is 0 Å². The molecule has 0 bridgehead atoms. The van der Waals surface area contributed by atoms with Crippen LogP contribution in [-0.2, 0) is 9.59 Å². The van der Waals surface area contributed by atoms with Gasteiger partial charge in [-0.25, -0.2) is 0 Å². The average Bonchev–Trinajstić information content (AvgIpc) is 2.86. The monoisotopic (exact) mass is 415 g/mol. The number of carboxylic acid groups (broad SMARTS) is 1. The van der Waals surface area contributed by atoms with Gasteiger partial charge < -0.3 is 19.9 Å². The molecule has 1 aromatic carbocycles. The lowest BCUT2D eigenvalue weighted by molar-refractivity contribution is -0.138. The van der Waals surface area contributed by atoms with E-state index in [2.05, 4.69) is 31.4 Å². The number of amidine groups is 1. The van der Waals surface area contributed by atoms with E-state index < -0.39 is 11.2 Å². The Labute approximate surface area is 150 Å². The minimum absolute atomic E-state index is 0.258. The second-order valence-corrected chi connectivity index (χ2v) is 6.62. The number of ether oxygens (including phenoxy) is 2. The summed E-state index contributed by atoms with van der Waals surface area (Å²) in [4.78, 5) is 22.3. The number of benzene rings is 1. The lowest BCUT2D eigenvalue weighted by atomic mass is 10.2. The first kappa shape index (κ1) is 18.3. The zero-order valence-electron chi connectivity index (χ0n) is 12.8. The highest BCUT2D eigenvalue weighted by Crippen LogP contribution is 2.32.